The van der Waals surface area contributed by atoms with Gasteiger partial charge in [0.05, 0.1) is 18.2 Å². The van der Waals surface area contributed by atoms with Gasteiger partial charge in [-0.2, -0.15) is 0 Å². The maximum Gasteiger partial charge on any atom is 0.275 e. The van der Waals surface area contributed by atoms with Gasteiger partial charge in [0.2, 0.25) is 0 Å². The van der Waals surface area contributed by atoms with E-state index in [4.69, 9.17) is 4.74 Å². The number of aromatic nitrogens is 3. The molecule has 3 aromatic rings. The lowest BCUT2D eigenvalue weighted by Gasteiger charge is -2.33. The van der Waals surface area contributed by atoms with Crippen LogP contribution in [0.1, 0.15) is 13.3 Å². The largest absolute Gasteiger partial charge is 0.497 e. The molecule has 1 aliphatic rings. The van der Waals surface area contributed by atoms with E-state index in [1.807, 2.05) is 19.1 Å². The highest BCUT2D eigenvalue weighted by Crippen LogP contribution is 2.37. The van der Waals surface area contributed by atoms with E-state index in [0.29, 0.717) is 16.2 Å². The van der Waals surface area contributed by atoms with Gasteiger partial charge in [0.15, 0.2) is 0 Å². The first-order valence-corrected chi connectivity index (χ1v) is 9.57. The summed E-state index contributed by atoms with van der Waals surface area (Å²) >= 11 is 1.40. The van der Waals surface area contributed by atoms with Crippen molar-refractivity contribution in [3.8, 4) is 0 Å². The predicted molar refractivity (Wildman–Crippen MR) is 111 cm³/mol. The summed E-state index contributed by atoms with van der Waals surface area (Å²) in [6.45, 7) is 7.70. The van der Waals surface area contributed by atoms with Crippen LogP contribution in [0, 0.1) is 0 Å². The normalized spacial score (nSPS) is 14.9. The zero-order chi connectivity index (χ0) is 19.0. The van der Waals surface area contributed by atoms with E-state index < -0.39 is 0 Å². The van der Waals surface area contributed by atoms with Crippen LogP contribution < -0.4 is 10.5 Å². The summed E-state index contributed by atoms with van der Waals surface area (Å²) in [4.78, 5) is 25.4. The number of fused-ring (bicyclic) bond motifs is 3. The highest BCUT2D eigenvalue weighted by molar-refractivity contribution is 7.25. The molecule has 0 aromatic carbocycles. The van der Waals surface area contributed by atoms with Crippen molar-refractivity contribution in [3.05, 3.63) is 59.5 Å². The standard InChI is InChI=1S/C20H20N4O2S/c1-4-14(7-6-13(2)26-3)24-12-22-17-16-15(23-10-5-11-23)8-9-21-19(16)27-18(17)20(24)25/h4,6-9,12H,2,5,10-11H2,1,3H3/b7-6-,14-4+. The van der Waals surface area contributed by atoms with Gasteiger partial charge in [-0.05, 0) is 31.6 Å². The van der Waals surface area contributed by atoms with Crippen LogP contribution in [-0.2, 0) is 4.74 Å². The molecule has 138 valence electrons. The molecular formula is C20H20N4O2S. The van der Waals surface area contributed by atoms with Gasteiger partial charge in [-0.1, -0.05) is 12.7 Å². The number of thiophene rings is 1. The van der Waals surface area contributed by atoms with Crippen LogP contribution in [0.4, 0.5) is 5.69 Å². The number of pyridine rings is 1. The molecule has 0 bridgehead atoms. The molecule has 0 aliphatic carbocycles. The molecule has 0 saturated carbocycles. The van der Waals surface area contributed by atoms with Crippen LogP contribution in [0.3, 0.4) is 0 Å². The first-order valence-electron chi connectivity index (χ1n) is 8.75. The van der Waals surface area contributed by atoms with Gasteiger partial charge >= 0.3 is 0 Å². The van der Waals surface area contributed by atoms with Crippen LogP contribution >= 0.6 is 11.3 Å². The lowest BCUT2D eigenvalue weighted by molar-refractivity contribution is 0.309. The van der Waals surface area contributed by atoms with Crippen LogP contribution in [0.5, 0.6) is 0 Å². The Morgan fingerprint density at radius 3 is 2.81 bits per heavy atom. The Kier molecular flexibility index (Phi) is 4.53. The fourth-order valence-corrected chi connectivity index (χ4v) is 4.15. The summed E-state index contributed by atoms with van der Waals surface area (Å²) in [5.74, 6) is 0.515. The smallest absolute Gasteiger partial charge is 0.275 e. The van der Waals surface area contributed by atoms with Crippen LogP contribution in [0.25, 0.3) is 26.1 Å². The second kappa shape index (κ2) is 7.00. The fraction of sp³-hybridized carbons (Fsp3) is 0.250. The number of hydrogen-bond donors (Lipinski definition) is 0. The molecule has 0 N–H and O–H groups in total. The number of allylic oxidation sites excluding steroid dienone is 4. The van der Waals surface area contributed by atoms with Crippen molar-refractivity contribution < 1.29 is 4.74 Å². The summed E-state index contributed by atoms with van der Waals surface area (Å²) in [7, 11) is 1.56. The summed E-state index contributed by atoms with van der Waals surface area (Å²) in [6.07, 6.45) is 9.94. The number of nitrogens with zero attached hydrogens (tertiary/aromatic N) is 4. The Morgan fingerprint density at radius 1 is 1.33 bits per heavy atom. The predicted octanol–water partition coefficient (Wildman–Crippen LogP) is 3.79. The van der Waals surface area contributed by atoms with Gasteiger partial charge in [0.1, 0.15) is 27.1 Å². The molecule has 4 rings (SSSR count). The van der Waals surface area contributed by atoms with E-state index in [1.54, 1.807) is 36.4 Å². The third-order valence-corrected chi connectivity index (χ3v) is 5.81. The average Bonchev–Trinajstić information content (AvgIpc) is 3.02. The van der Waals surface area contributed by atoms with Gasteiger partial charge < -0.3 is 9.64 Å². The van der Waals surface area contributed by atoms with E-state index in [0.717, 1.165) is 34.5 Å². The lowest BCUT2D eigenvalue weighted by Crippen LogP contribution is -2.37. The lowest BCUT2D eigenvalue weighted by atomic mass is 10.1. The summed E-state index contributed by atoms with van der Waals surface area (Å²) in [5.41, 5.74) is 2.45. The molecule has 3 aromatic heterocycles. The molecule has 1 fully saturated rings. The van der Waals surface area contributed by atoms with Crippen molar-refractivity contribution in [1.82, 2.24) is 14.5 Å². The Hall–Kier alpha value is -2.93. The maximum atomic E-state index is 13.1. The quantitative estimate of drug-likeness (QED) is 0.498. The second-order valence-corrected chi connectivity index (χ2v) is 7.27. The molecule has 0 atom stereocenters. The molecule has 1 aliphatic heterocycles. The van der Waals surface area contributed by atoms with Crippen molar-refractivity contribution in [2.24, 2.45) is 0 Å². The third kappa shape index (κ3) is 2.94. The number of hydrogen-bond acceptors (Lipinski definition) is 6. The molecule has 0 radical (unpaired) electrons. The van der Waals surface area contributed by atoms with Crippen molar-refractivity contribution in [2.45, 2.75) is 13.3 Å². The Labute approximate surface area is 160 Å². The van der Waals surface area contributed by atoms with Crippen molar-refractivity contribution in [3.63, 3.8) is 0 Å². The Morgan fingerprint density at radius 2 is 2.15 bits per heavy atom. The topological polar surface area (TPSA) is 60.2 Å². The SMILES string of the molecule is C=C(/C=C\C(=C/C)n1cnc2c(sc3nccc(N4CCC4)c32)c1=O)OC. The summed E-state index contributed by atoms with van der Waals surface area (Å²) in [6, 6.07) is 2.01. The number of rotatable bonds is 5. The zero-order valence-electron chi connectivity index (χ0n) is 15.3. The first kappa shape index (κ1) is 17.5. The number of anilines is 1. The molecule has 7 heteroatoms. The van der Waals surface area contributed by atoms with Crippen molar-refractivity contribution >= 4 is 43.2 Å². The molecule has 0 spiro atoms. The van der Waals surface area contributed by atoms with Crippen LogP contribution in [-0.4, -0.2) is 34.7 Å². The minimum absolute atomic E-state index is 0.0988. The monoisotopic (exact) mass is 380 g/mol. The van der Waals surface area contributed by atoms with Gasteiger partial charge in [-0.25, -0.2) is 9.97 Å². The van der Waals surface area contributed by atoms with Gasteiger partial charge in [-0.15, -0.1) is 11.3 Å². The van der Waals surface area contributed by atoms with Crippen molar-refractivity contribution in [2.75, 3.05) is 25.1 Å². The third-order valence-electron chi connectivity index (χ3n) is 4.73. The van der Waals surface area contributed by atoms with Crippen LogP contribution in [0.15, 0.2) is 54.0 Å². The van der Waals surface area contributed by atoms with E-state index in [1.165, 1.54) is 17.8 Å². The van der Waals surface area contributed by atoms with E-state index >= 15 is 0 Å². The minimum Gasteiger partial charge on any atom is -0.497 e. The molecule has 1 saturated heterocycles. The minimum atomic E-state index is -0.0988. The maximum absolute atomic E-state index is 13.1. The molecule has 0 unspecified atom stereocenters. The van der Waals surface area contributed by atoms with E-state index in [-0.39, 0.29) is 5.56 Å². The zero-order valence-corrected chi connectivity index (χ0v) is 16.1. The van der Waals surface area contributed by atoms with Gasteiger partial charge in [-0.3, -0.25) is 9.36 Å². The van der Waals surface area contributed by atoms with Crippen LogP contribution in [0.2, 0.25) is 0 Å². The van der Waals surface area contributed by atoms with E-state index in [2.05, 4.69) is 21.4 Å². The summed E-state index contributed by atoms with van der Waals surface area (Å²) < 4.78 is 7.21. The van der Waals surface area contributed by atoms with Gasteiger partial charge in [0.25, 0.3) is 5.56 Å². The summed E-state index contributed by atoms with van der Waals surface area (Å²) in [5, 5.41) is 0.979. The fourth-order valence-electron chi connectivity index (χ4n) is 3.10. The van der Waals surface area contributed by atoms with E-state index in [9.17, 15) is 4.79 Å². The highest BCUT2D eigenvalue weighted by Gasteiger charge is 2.22. The van der Waals surface area contributed by atoms with Crippen molar-refractivity contribution in [1.29, 1.82) is 0 Å². The number of ether oxygens (including phenoxy) is 1. The molecule has 0 amide bonds. The average molecular weight is 380 g/mol. The Balaban J connectivity index is 1.88. The molecule has 27 heavy (non-hydrogen) atoms. The molecule has 6 nitrogen and oxygen atoms in total. The Bertz CT molecular complexity index is 1150. The number of methoxy groups -OCH3 is 1. The molecular weight excluding hydrogens is 360 g/mol. The highest BCUT2D eigenvalue weighted by atomic mass is 32.1. The second-order valence-electron chi connectivity index (χ2n) is 6.27. The first-order chi connectivity index (χ1) is 13.1. The molecule has 4 heterocycles. The van der Waals surface area contributed by atoms with Gasteiger partial charge in [0, 0.05) is 25.0 Å².